The second-order valence-corrected chi connectivity index (χ2v) is 9.01. The van der Waals surface area contributed by atoms with Gasteiger partial charge in [-0.25, -0.2) is 8.42 Å². The smallest absolute Gasteiger partial charge is 0.264 e. The number of hydrogen-bond acceptors (Lipinski definition) is 4. The Bertz CT molecular complexity index is 1160. The van der Waals surface area contributed by atoms with Gasteiger partial charge in [0, 0.05) is 12.7 Å². The summed E-state index contributed by atoms with van der Waals surface area (Å²) in [5.74, 6) is 0.124. The van der Waals surface area contributed by atoms with E-state index in [4.69, 9.17) is 16.3 Å². The number of carbonyl (C=O) groups excluding carboxylic acids is 1. The highest BCUT2D eigenvalue weighted by Crippen LogP contribution is 2.28. The molecule has 0 aliphatic rings. The molecule has 0 radical (unpaired) electrons. The van der Waals surface area contributed by atoms with E-state index in [0.717, 1.165) is 9.87 Å². The summed E-state index contributed by atoms with van der Waals surface area (Å²) in [6, 6.07) is 17.9. The first-order valence-corrected chi connectivity index (χ1v) is 10.8. The number of amides is 1. The molecule has 1 amide bonds. The summed E-state index contributed by atoms with van der Waals surface area (Å²) < 4.78 is 32.1. The van der Waals surface area contributed by atoms with Gasteiger partial charge in [0.25, 0.3) is 15.9 Å². The number of nitrogens with one attached hydrogen (secondary N) is 1. The Balaban J connectivity index is 1.89. The van der Waals surface area contributed by atoms with Crippen LogP contribution in [0.1, 0.15) is 15.9 Å². The number of methoxy groups -OCH3 is 1. The summed E-state index contributed by atoms with van der Waals surface area (Å²) in [5.41, 5.74) is 2.17. The molecule has 3 aromatic rings. The quantitative estimate of drug-likeness (QED) is 0.596. The fourth-order valence-corrected chi connectivity index (χ4v) is 4.15. The van der Waals surface area contributed by atoms with Crippen molar-refractivity contribution in [3.8, 4) is 5.75 Å². The van der Waals surface area contributed by atoms with Crippen molar-refractivity contribution in [1.29, 1.82) is 0 Å². The maximum atomic E-state index is 13.0. The SMILES string of the molecule is COc1ccc(S(=O)(=O)N(C)c2ccc(Cl)c(C(=O)Nc3ccc(C)cc3)c2)cc1. The standard InChI is InChI=1S/C22H21ClN2O4S/c1-15-4-6-16(7-5-15)24-22(26)20-14-17(8-13-21(20)23)25(2)30(27,28)19-11-9-18(29-3)10-12-19/h4-14H,1-3H3,(H,24,26). The molecule has 0 aliphatic carbocycles. The lowest BCUT2D eigenvalue weighted by Crippen LogP contribution is -2.27. The first-order valence-electron chi connectivity index (χ1n) is 9.03. The summed E-state index contributed by atoms with van der Waals surface area (Å²) in [6.45, 7) is 1.95. The van der Waals surface area contributed by atoms with Gasteiger partial charge in [0.2, 0.25) is 0 Å². The van der Waals surface area contributed by atoms with Crippen LogP contribution < -0.4 is 14.4 Å². The van der Waals surface area contributed by atoms with E-state index < -0.39 is 15.9 Å². The number of ether oxygens (including phenoxy) is 1. The average Bonchev–Trinajstić information content (AvgIpc) is 2.75. The zero-order chi connectivity index (χ0) is 21.9. The molecule has 0 spiro atoms. The van der Waals surface area contributed by atoms with Crippen molar-refractivity contribution >= 4 is 38.9 Å². The third-order valence-electron chi connectivity index (χ3n) is 4.59. The molecule has 0 aliphatic heterocycles. The lowest BCUT2D eigenvalue weighted by molar-refractivity contribution is 0.102. The fourth-order valence-electron chi connectivity index (χ4n) is 2.76. The van der Waals surface area contributed by atoms with E-state index in [0.29, 0.717) is 17.1 Å². The molecule has 6 nitrogen and oxygen atoms in total. The summed E-state index contributed by atoms with van der Waals surface area (Å²) in [6.07, 6.45) is 0. The van der Waals surface area contributed by atoms with Gasteiger partial charge in [-0.1, -0.05) is 29.3 Å². The molecule has 0 heterocycles. The van der Waals surface area contributed by atoms with E-state index in [-0.39, 0.29) is 15.5 Å². The molecule has 0 aromatic heterocycles. The maximum Gasteiger partial charge on any atom is 0.264 e. The highest BCUT2D eigenvalue weighted by Gasteiger charge is 2.23. The van der Waals surface area contributed by atoms with Crippen molar-refractivity contribution in [3.63, 3.8) is 0 Å². The van der Waals surface area contributed by atoms with Crippen molar-refractivity contribution in [3.05, 3.63) is 82.9 Å². The van der Waals surface area contributed by atoms with Crippen LogP contribution in [0.25, 0.3) is 0 Å². The van der Waals surface area contributed by atoms with Gasteiger partial charge < -0.3 is 10.1 Å². The average molecular weight is 445 g/mol. The Hall–Kier alpha value is -3.03. The predicted molar refractivity (Wildman–Crippen MR) is 119 cm³/mol. The van der Waals surface area contributed by atoms with E-state index >= 15 is 0 Å². The fraction of sp³-hybridized carbons (Fsp3) is 0.136. The lowest BCUT2D eigenvalue weighted by atomic mass is 10.1. The van der Waals surface area contributed by atoms with Crippen LogP contribution in [0.15, 0.2) is 71.6 Å². The first kappa shape index (κ1) is 21.7. The summed E-state index contributed by atoms with van der Waals surface area (Å²) >= 11 is 6.21. The van der Waals surface area contributed by atoms with E-state index in [1.54, 1.807) is 30.3 Å². The van der Waals surface area contributed by atoms with Crippen LogP contribution >= 0.6 is 11.6 Å². The molecular weight excluding hydrogens is 424 g/mol. The van der Waals surface area contributed by atoms with Crippen LogP contribution in [0.2, 0.25) is 5.02 Å². The third-order valence-corrected chi connectivity index (χ3v) is 6.71. The molecule has 30 heavy (non-hydrogen) atoms. The minimum atomic E-state index is -3.83. The molecule has 3 rings (SSSR count). The molecular formula is C22H21ClN2O4S. The van der Waals surface area contributed by atoms with Gasteiger partial charge in [0.1, 0.15) is 5.75 Å². The summed E-state index contributed by atoms with van der Waals surface area (Å²) in [7, 11) is -0.905. The van der Waals surface area contributed by atoms with Gasteiger partial charge in [-0.05, 0) is 61.5 Å². The number of nitrogens with zero attached hydrogens (tertiary/aromatic N) is 1. The summed E-state index contributed by atoms with van der Waals surface area (Å²) in [4.78, 5) is 12.8. The van der Waals surface area contributed by atoms with Crippen molar-refractivity contribution < 1.29 is 17.9 Å². The van der Waals surface area contributed by atoms with Gasteiger partial charge in [0.05, 0.1) is 28.3 Å². The summed E-state index contributed by atoms with van der Waals surface area (Å²) in [5, 5.41) is 2.99. The van der Waals surface area contributed by atoms with Crippen LogP contribution in [0.4, 0.5) is 11.4 Å². The minimum absolute atomic E-state index is 0.103. The van der Waals surface area contributed by atoms with E-state index in [2.05, 4.69) is 5.32 Å². The number of carbonyl (C=O) groups is 1. The largest absolute Gasteiger partial charge is 0.497 e. The number of hydrogen-bond donors (Lipinski definition) is 1. The van der Waals surface area contributed by atoms with Crippen LogP contribution in [0.5, 0.6) is 5.75 Å². The Morgan fingerprint density at radius 2 is 1.63 bits per heavy atom. The number of aryl methyl sites for hydroxylation is 1. The number of sulfonamides is 1. The molecule has 0 fully saturated rings. The van der Waals surface area contributed by atoms with Crippen LogP contribution in [-0.2, 0) is 10.0 Å². The van der Waals surface area contributed by atoms with Gasteiger partial charge in [-0.2, -0.15) is 0 Å². The molecule has 156 valence electrons. The number of rotatable bonds is 6. The van der Waals surface area contributed by atoms with Gasteiger partial charge in [0.15, 0.2) is 0 Å². The van der Waals surface area contributed by atoms with Crippen LogP contribution in [0.3, 0.4) is 0 Å². The maximum absolute atomic E-state index is 13.0. The Morgan fingerprint density at radius 3 is 2.23 bits per heavy atom. The molecule has 1 N–H and O–H groups in total. The second-order valence-electron chi connectivity index (χ2n) is 6.63. The first-order chi connectivity index (χ1) is 14.2. The van der Waals surface area contributed by atoms with Crippen LogP contribution in [0, 0.1) is 6.92 Å². The number of halogens is 1. The molecule has 0 saturated carbocycles. The zero-order valence-electron chi connectivity index (χ0n) is 16.7. The van der Waals surface area contributed by atoms with Crippen LogP contribution in [-0.4, -0.2) is 28.5 Å². The van der Waals surface area contributed by atoms with Crippen molar-refractivity contribution in [2.45, 2.75) is 11.8 Å². The molecule has 0 unspecified atom stereocenters. The van der Waals surface area contributed by atoms with Crippen molar-refractivity contribution in [1.82, 2.24) is 0 Å². The highest BCUT2D eigenvalue weighted by molar-refractivity contribution is 7.92. The van der Waals surface area contributed by atoms with Crippen molar-refractivity contribution in [2.24, 2.45) is 0 Å². The Morgan fingerprint density at radius 1 is 1.00 bits per heavy atom. The van der Waals surface area contributed by atoms with Gasteiger partial charge in [-0.15, -0.1) is 0 Å². The van der Waals surface area contributed by atoms with Crippen molar-refractivity contribution in [2.75, 3.05) is 23.8 Å². The molecule has 0 atom stereocenters. The van der Waals surface area contributed by atoms with E-state index in [9.17, 15) is 13.2 Å². The topological polar surface area (TPSA) is 75.7 Å². The number of benzene rings is 3. The van der Waals surface area contributed by atoms with E-state index in [1.807, 2.05) is 19.1 Å². The Kier molecular flexibility index (Phi) is 6.34. The Labute approximate surface area is 181 Å². The second kappa shape index (κ2) is 8.77. The predicted octanol–water partition coefficient (Wildman–Crippen LogP) is 4.73. The number of anilines is 2. The van der Waals surface area contributed by atoms with Gasteiger partial charge in [-0.3, -0.25) is 9.10 Å². The normalized spacial score (nSPS) is 11.1. The molecule has 8 heteroatoms. The zero-order valence-corrected chi connectivity index (χ0v) is 18.3. The molecule has 3 aromatic carbocycles. The third kappa shape index (κ3) is 4.58. The molecule has 0 bridgehead atoms. The van der Waals surface area contributed by atoms with E-state index in [1.165, 1.54) is 38.4 Å². The molecule has 0 saturated heterocycles. The highest BCUT2D eigenvalue weighted by atomic mass is 35.5. The van der Waals surface area contributed by atoms with Gasteiger partial charge >= 0.3 is 0 Å². The minimum Gasteiger partial charge on any atom is -0.497 e. The monoisotopic (exact) mass is 444 g/mol. The lowest BCUT2D eigenvalue weighted by Gasteiger charge is -2.20.